The van der Waals surface area contributed by atoms with Gasteiger partial charge in [-0.15, -0.1) is 6.42 Å². The zero-order valence-electron chi connectivity index (χ0n) is 15.3. The largest absolute Gasteiger partial charge is 0.377 e. The first-order valence-electron chi connectivity index (χ1n) is 8.70. The molecule has 0 radical (unpaired) electrons. The van der Waals surface area contributed by atoms with E-state index in [0.29, 0.717) is 52.8 Å². The highest BCUT2D eigenvalue weighted by Crippen LogP contribution is 2.03. The van der Waals surface area contributed by atoms with Crippen LogP contribution in [0.1, 0.15) is 6.42 Å². The molecule has 150 valence electrons. The van der Waals surface area contributed by atoms with E-state index in [2.05, 4.69) is 11.2 Å². The molecule has 0 fully saturated rings. The second kappa shape index (κ2) is 14.9. The van der Waals surface area contributed by atoms with Crippen molar-refractivity contribution in [1.29, 1.82) is 0 Å². The number of ether oxygens (including phenoxy) is 4. The number of amides is 3. The van der Waals surface area contributed by atoms with Crippen LogP contribution in [0.2, 0.25) is 0 Å². The van der Waals surface area contributed by atoms with E-state index in [1.807, 2.05) is 0 Å². The molecule has 1 N–H and O–H groups in total. The molecular formula is C18H26N2O7. The standard InChI is InChI=1S/C18H26N2O7/c1-2-8-24-10-12-26-14-15-27-13-11-25-9-6-19-16(21)5-7-20-17(22)3-4-18(20)23/h1,3-4H,5-15H2,(H,19,21). The maximum Gasteiger partial charge on any atom is 0.253 e. The average molecular weight is 382 g/mol. The van der Waals surface area contributed by atoms with Crippen molar-refractivity contribution < 1.29 is 33.3 Å². The van der Waals surface area contributed by atoms with E-state index in [1.165, 1.54) is 12.2 Å². The van der Waals surface area contributed by atoms with Crippen LogP contribution in [0.15, 0.2) is 12.2 Å². The lowest BCUT2D eigenvalue weighted by Gasteiger charge is -2.13. The van der Waals surface area contributed by atoms with E-state index >= 15 is 0 Å². The predicted molar refractivity (Wildman–Crippen MR) is 95.6 cm³/mol. The van der Waals surface area contributed by atoms with Gasteiger partial charge in [-0.05, 0) is 0 Å². The quantitative estimate of drug-likeness (QED) is 0.210. The van der Waals surface area contributed by atoms with E-state index in [9.17, 15) is 14.4 Å². The molecule has 1 aliphatic heterocycles. The van der Waals surface area contributed by atoms with Crippen LogP contribution in [0.5, 0.6) is 0 Å². The summed E-state index contributed by atoms with van der Waals surface area (Å²) in [5.41, 5.74) is 0. The lowest BCUT2D eigenvalue weighted by molar-refractivity contribution is -0.137. The fourth-order valence-electron chi connectivity index (χ4n) is 2.01. The third-order valence-corrected chi connectivity index (χ3v) is 3.33. The van der Waals surface area contributed by atoms with Crippen LogP contribution in [-0.2, 0) is 33.3 Å². The van der Waals surface area contributed by atoms with Crippen molar-refractivity contribution >= 4 is 17.7 Å². The molecule has 1 rings (SSSR count). The Morgan fingerprint density at radius 3 is 2.00 bits per heavy atom. The molecule has 9 nitrogen and oxygen atoms in total. The van der Waals surface area contributed by atoms with Crippen molar-refractivity contribution in [1.82, 2.24) is 10.2 Å². The van der Waals surface area contributed by atoms with Crippen LogP contribution in [0.4, 0.5) is 0 Å². The first kappa shape index (κ1) is 22.8. The van der Waals surface area contributed by atoms with Gasteiger partial charge < -0.3 is 24.3 Å². The van der Waals surface area contributed by atoms with Gasteiger partial charge in [-0.3, -0.25) is 19.3 Å². The second-order valence-corrected chi connectivity index (χ2v) is 5.36. The molecule has 27 heavy (non-hydrogen) atoms. The Kier molecular flexibility index (Phi) is 12.6. The summed E-state index contributed by atoms with van der Waals surface area (Å²) in [6.45, 7) is 3.74. The number of rotatable bonds is 16. The van der Waals surface area contributed by atoms with Crippen molar-refractivity contribution in [2.45, 2.75) is 6.42 Å². The molecule has 0 bridgehead atoms. The molecule has 3 amide bonds. The van der Waals surface area contributed by atoms with Gasteiger partial charge >= 0.3 is 0 Å². The van der Waals surface area contributed by atoms with Crippen molar-refractivity contribution in [3.63, 3.8) is 0 Å². The van der Waals surface area contributed by atoms with E-state index < -0.39 is 11.8 Å². The number of hydrogen-bond acceptors (Lipinski definition) is 7. The van der Waals surface area contributed by atoms with Crippen LogP contribution in [0, 0.1) is 12.3 Å². The van der Waals surface area contributed by atoms with Crippen LogP contribution in [0.3, 0.4) is 0 Å². The number of carbonyl (C=O) groups is 3. The maximum atomic E-state index is 11.6. The predicted octanol–water partition coefficient (Wildman–Crippen LogP) is -0.883. The van der Waals surface area contributed by atoms with Crippen molar-refractivity contribution in [2.24, 2.45) is 0 Å². The van der Waals surface area contributed by atoms with E-state index in [1.54, 1.807) is 0 Å². The van der Waals surface area contributed by atoms with Gasteiger partial charge in [0.15, 0.2) is 0 Å². The van der Waals surface area contributed by atoms with Gasteiger partial charge in [-0.25, -0.2) is 0 Å². The molecule has 0 saturated carbocycles. The normalized spacial score (nSPS) is 13.2. The van der Waals surface area contributed by atoms with Gasteiger partial charge in [0.1, 0.15) is 6.61 Å². The fraction of sp³-hybridized carbons (Fsp3) is 0.611. The molecule has 1 heterocycles. The van der Waals surface area contributed by atoms with Crippen LogP contribution < -0.4 is 5.32 Å². The van der Waals surface area contributed by atoms with E-state index in [0.717, 1.165) is 4.90 Å². The summed E-state index contributed by atoms with van der Waals surface area (Å²) < 4.78 is 21.0. The minimum absolute atomic E-state index is 0.0655. The summed E-state index contributed by atoms with van der Waals surface area (Å²) in [6, 6.07) is 0. The Morgan fingerprint density at radius 1 is 0.926 bits per heavy atom. The van der Waals surface area contributed by atoms with Crippen LogP contribution in [0.25, 0.3) is 0 Å². The summed E-state index contributed by atoms with van der Waals surface area (Å²) in [7, 11) is 0. The highest BCUT2D eigenvalue weighted by molar-refractivity contribution is 6.13. The zero-order chi connectivity index (χ0) is 19.7. The number of nitrogens with zero attached hydrogens (tertiary/aromatic N) is 1. The maximum absolute atomic E-state index is 11.6. The van der Waals surface area contributed by atoms with Crippen molar-refractivity contribution in [2.75, 3.05) is 65.9 Å². The molecule has 0 saturated heterocycles. The van der Waals surface area contributed by atoms with E-state index in [-0.39, 0.29) is 25.5 Å². The van der Waals surface area contributed by atoms with Crippen LogP contribution >= 0.6 is 0 Å². The number of terminal acetylenes is 1. The third-order valence-electron chi connectivity index (χ3n) is 3.33. The summed E-state index contributed by atoms with van der Waals surface area (Å²) >= 11 is 0. The second-order valence-electron chi connectivity index (χ2n) is 5.36. The molecule has 0 aromatic rings. The number of imide groups is 1. The third kappa shape index (κ3) is 11.1. The summed E-state index contributed by atoms with van der Waals surface area (Å²) in [6.07, 6.45) is 7.48. The summed E-state index contributed by atoms with van der Waals surface area (Å²) in [4.78, 5) is 35.3. The zero-order valence-corrected chi connectivity index (χ0v) is 15.3. The molecule has 0 spiro atoms. The van der Waals surface area contributed by atoms with Crippen LogP contribution in [-0.4, -0.2) is 88.6 Å². The molecular weight excluding hydrogens is 356 g/mol. The minimum atomic E-state index is -0.390. The topological polar surface area (TPSA) is 103 Å². The SMILES string of the molecule is C#CCOCCOCCOCCOCCNC(=O)CCN1C(=O)C=CC1=O. The number of carbonyl (C=O) groups excluding carboxylic acids is 3. The van der Waals surface area contributed by atoms with Gasteiger partial charge in [0, 0.05) is 31.7 Å². The summed E-state index contributed by atoms with van der Waals surface area (Å²) in [5.74, 6) is 1.34. The Bertz CT molecular complexity index is 524. The van der Waals surface area contributed by atoms with Crippen molar-refractivity contribution in [3.8, 4) is 12.3 Å². The minimum Gasteiger partial charge on any atom is -0.377 e. The Morgan fingerprint density at radius 2 is 1.44 bits per heavy atom. The molecule has 0 aromatic heterocycles. The highest BCUT2D eigenvalue weighted by atomic mass is 16.6. The first-order valence-corrected chi connectivity index (χ1v) is 8.70. The van der Waals surface area contributed by atoms with E-state index in [4.69, 9.17) is 25.4 Å². The number of hydrogen-bond donors (Lipinski definition) is 1. The van der Waals surface area contributed by atoms with Gasteiger partial charge in [0.2, 0.25) is 5.91 Å². The highest BCUT2D eigenvalue weighted by Gasteiger charge is 2.23. The Balaban J connectivity index is 1.82. The van der Waals surface area contributed by atoms with Crippen molar-refractivity contribution in [3.05, 3.63) is 12.2 Å². The summed E-state index contributed by atoms with van der Waals surface area (Å²) in [5, 5.41) is 2.66. The molecule has 9 heteroatoms. The molecule has 1 aliphatic rings. The monoisotopic (exact) mass is 382 g/mol. The average Bonchev–Trinajstić information content (AvgIpc) is 2.98. The fourth-order valence-corrected chi connectivity index (χ4v) is 2.01. The lowest BCUT2D eigenvalue weighted by atomic mass is 10.3. The Labute approximate surface area is 158 Å². The number of nitrogens with one attached hydrogen (secondary N) is 1. The van der Waals surface area contributed by atoms with Gasteiger partial charge in [0.25, 0.3) is 11.8 Å². The molecule has 0 aromatic carbocycles. The van der Waals surface area contributed by atoms with Gasteiger partial charge in [-0.2, -0.15) is 0 Å². The molecule has 0 atom stereocenters. The van der Waals surface area contributed by atoms with Gasteiger partial charge in [-0.1, -0.05) is 5.92 Å². The van der Waals surface area contributed by atoms with Gasteiger partial charge in [0.05, 0.1) is 46.2 Å². The molecule has 0 aliphatic carbocycles. The Hall–Kier alpha value is -2.25. The lowest BCUT2D eigenvalue weighted by Crippen LogP contribution is -2.35. The smallest absolute Gasteiger partial charge is 0.253 e. The first-order chi connectivity index (χ1) is 13.1. The molecule has 0 unspecified atom stereocenters.